The Morgan fingerprint density at radius 1 is 1.43 bits per heavy atom. The third-order valence-corrected chi connectivity index (χ3v) is 5.03. The summed E-state index contributed by atoms with van der Waals surface area (Å²) in [6.45, 7) is 7.71. The van der Waals surface area contributed by atoms with Crippen LogP contribution in [-0.4, -0.2) is 30.6 Å². The normalized spacial score (nSPS) is 20.7. The predicted octanol–water partition coefficient (Wildman–Crippen LogP) is 4.50. The monoisotopic (exact) mass is 356 g/mol. The lowest BCUT2D eigenvalue weighted by Crippen LogP contribution is -2.44. The van der Waals surface area contributed by atoms with Gasteiger partial charge in [0.05, 0.1) is 0 Å². The number of rotatable bonds is 6. The number of nitrogens with zero attached hydrogens (tertiary/aromatic N) is 1. The Balaban J connectivity index is 2.08. The molecular formula is C17H26BrFN2. The predicted molar refractivity (Wildman–Crippen MR) is 90.0 cm³/mol. The van der Waals surface area contributed by atoms with E-state index in [4.69, 9.17) is 0 Å². The van der Waals surface area contributed by atoms with E-state index < -0.39 is 0 Å². The molecule has 0 aliphatic carbocycles. The average molecular weight is 357 g/mol. The van der Waals surface area contributed by atoms with Crippen LogP contribution < -0.4 is 5.32 Å². The zero-order chi connectivity index (χ0) is 15.2. The summed E-state index contributed by atoms with van der Waals surface area (Å²) >= 11 is 3.51. The lowest BCUT2D eigenvalue weighted by Gasteiger charge is -2.35. The summed E-state index contributed by atoms with van der Waals surface area (Å²) in [6, 6.07) is 5.91. The summed E-state index contributed by atoms with van der Waals surface area (Å²) in [6.07, 6.45) is 5.02. The maximum absolute atomic E-state index is 13.3. The van der Waals surface area contributed by atoms with Gasteiger partial charge < -0.3 is 5.32 Å². The van der Waals surface area contributed by atoms with Crippen molar-refractivity contribution in [1.82, 2.24) is 10.2 Å². The molecule has 0 bridgehead atoms. The maximum atomic E-state index is 13.3. The molecule has 1 aliphatic rings. The van der Waals surface area contributed by atoms with Crippen molar-refractivity contribution in [1.29, 1.82) is 0 Å². The summed E-state index contributed by atoms with van der Waals surface area (Å²) < 4.78 is 14.1. The topological polar surface area (TPSA) is 15.3 Å². The van der Waals surface area contributed by atoms with E-state index >= 15 is 0 Å². The quantitative estimate of drug-likeness (QED) is 0.806. The lowest BCUT2D eigenvalue weighted by atomic mass is 10.0. The van der Waals surface area contributed by atoms with Gasteiger partial charge in [-0.15, -0.1) is 0 Å². The fraction of sp³-hybridized carbons (Fsp3) is 0.647. The minimum atomic E-state index is -0.186. The fourth-order valence-electron chi connectivity index (χ4n) is 3.13. The van der Waals surface area contributed by atoms with Crippen LogP contribution in [0, 0.1) is 5.82 Å². The molecule has 0 saturated carbocycles. The van der Waals surface area contributed by atoms with Crippen LogP contribution in [0.15, 0.2) is 22.7 Å². The van der Waals surface area contributed by atoms with Crippen molar-refractivity contribution in [2.24, 2.45) is 0 Å². The van der Waals surface area contributed by atoms with Gasteiger partial charge in [-0.3, -0.25) is 4.90 Å². The molecule has 1 heterocycles. The van der Waals surface area contributed by atoms with Gasteiger partial charge >= 0.3 is 0 Å². The van der Waals surface area contributed by atoms with E-state index in [0.29, 0.717) is 12.1 Å². The van der Waals surface area contributed by atoms with Gasteiger partial charge in [-0.1, -0.05) is 35.3 Å². The van der Waals surface area contributed by atoms with Crippen molar-refractivity contribution >= 4 is 15.9 Å². The number of benzene rings is 1. The second-order valence-corrected chi connectivity index (χ2v) is 6.84. The largest absolute Gasteiger partial charge is 0.313 e. The Hall–Kier alpha value is -0.450. The highest BCUT2D eigenvalue weighted by molar-refractivity contribution is 9.10. The SMILES string of the molecule is CCCN(CC1CCCCN1)C(C)c1ccc(F)cc1Br. The van der Waals surface area contributed by atoms with Crippen LogP contribution in [0.2, 0.25) is 0 Å². The molecule has 2 rings (SSSR count). The molecule has 21 heavy (non-hydrogen) atoms. The van der Waals surface area contributed by atoms with Gasteiger partial charge in [0.2, 0.25) is 0 Å². The summed E-state index contributed by atoms with van der Waals surface area (Å²) in [5.41, 5.74) is 1.17. The van der Waals surface area contributed by atoms with Crippen LogP contribution in [0.1, 0.15) is 51.1 Å². The first-order valence-electron chi connectivity index (χ1n) is 8.04. The van der Waals surface area contributed by atoms with Crippen molar-refractivity contribution in [2.75, 3.05) is 19.6 Å². The Labute approximate surface area is 136 Å². The van der Waals surface area contributed by atoms with Gasteiger partial charge in [-0.2, -0.15) is 0 Å². The number of piperidine rings is 1. The van der Waals surface area contributed by atoms with Gasteiger partial charge in [0.1, 0.15) is 5.82 Å². The maximum Gasteiger partial charge on any atom is 0.124 e. The molecule has 1 aromatic rings. The van der Waals surface area contributed by atoms with Gasteiger partial charge in [0, 0.05) is 23.1 Å². The second kappa shape index (κ2) is 8.25. The molecule has 2 atom stereocenters. The van der Waals surface area contributed by atoms with Crippen molar-refractivity contribution in [3.8, 4) is 0 Å². The summed E-state index contributed by atoms with van der Waals surface area (Å²) in [5, 5.41) is 3.62. The van der Waals surface area contributed by atoms with Crippen molar-refractivity contribution in [3.05, 3.63) is 34.1 Å². The molecule has 1 aliphatic heterocycles. The molecule has 2 unspecified atom stereocenters. The minimum absolute atomic E-state index is 0.186. The first kappa shape index (κ1) is 16.9. The van der Waals surface area contributed by atoms with E-state index in [2.05, 4.69) is 40.0 Å². The molecule has 1 saturated heterocycles. The molecular weight excluding hydrogens is 331 g/mol. The Morgan fingerprint density at radius 2 is 2.24 bits per heavy atom. The Kier molecular flexibility index (Phi) is 6.65. The van der Waals surface area contributed by atoms with E-state index in [-0.39, 0.29) is 5.82 Å². The van der Waals surface area contributed by atoms with Gasteiger partial charge in [-0.05, 0) is 57.0 Å². The van der Waals surface area contributed by atoms with E-state index in [1.54, 1.807) is 12.1 Å². The molecule has 0 aromatic heterocycles. The number of nitrogens with one attached hydrogen (secondary N) is 1. The lowest BCUT2D eigenvalue weighted by molar-refractivity contribution is 0.175. The molecule has 2 nitrogen and oxygen atoms in total. The second-order valence-electron chi connectivity index (χ2n) is 5.98. The van der Waals surface area contributed by atoms with Crippen LogP contribution in [0.4, 0.5) is 4.39 Å². The highest BCUT2D eigenvalue weighted by Gasteiger charge is 2.22. The van der Waals surface area contributed by atoms with Gasteiger partial charge in [0.15, 0.2) is 0 Å². The van der Waals surface area contributed by atoms with E-state index in [9.17, 15) is 4.39 Å². The van der Waals surface area contributed by atoms with Crippen molar-refractivity contribution < 1.29 is 4.39 Å². The average Bonchev–Trinajstić information content (AvgIpc) is 2.47. The van der Waals surface area contributed by atoms with Crippen LogP contribution >= 0.6 is 15.9 Å². The van der Waals surface area contributed by atoms with E-state index in [1.165, 1.54) is 24.8 Å². The van der Waals surface area contributed by atoms with E-state index in [0.717, 1.165) is 30.5 Å². The van der Waals surface area contributed by atoms with Crippen LogP contribution in [0.5, 0.6) is 0 Å². The van der Waals surface area contributed by atoms with Gasteiger partial charge in [0.25, 0.3) is 0 Å². The Bertz CT molecular complexity index is 446. The molecule has 0 spiro atoms. The summed E-state index contributed by atoms with van der Waals surface area (Å²) in [7, 11) is 0. The molecule has 1 N–H and O–H groups in total. The highest BCUT2D eigenvalue weighted by Crippen LogP contribution is 2.29. The molecule has 1 fully saturated rings. The van der Waals surface area contributed by atoms with Crippen LogP contribution in [0.3, 0.4) is 0 Å². The summed E-state index contributed by atoms with van der Waals surface area (Å²) in [4.78, 5) is 2.51. The first-order chi connectivity index (χ1) is 10.1. The Morgan fingerprint density at radius 3 is 2.86 bits per heavy atom. The molecule has 4 heteroatoms. The number of halogens is 2. The zero-order valence-electron chi connectivity index (χ0n) is 13.0. The van der Waals surface area contributed by atoms with Crippen molar-refractivity contribution in [3.63, 3.8) is 0 Å². The smallest absolute Gasteiger partial charge is 0.124 e. The number of hydrogen-bond donors (Lipinski definition) is 1. The molecule has 118 valence electrons. The fourth-order valence-corrected chi connectivity index (χ4v) is 3.81. The third-order valence-electron chi connectivity index (χ3n) is 4.34. The number of hydrogen-bond acceptors (Lipinski definition) is 2. The highest BCUT2D eigenvalue weighted by atomic mass is 79.9. The van der Waals surface area contributed by atoms with Crippen LogP contribution in [0.25, 0.3) is 0 Å². The molecule has 0 radical (unpaired) electrons. The van der Waals surface area contributed by atoms with Gasteiger partial charge in [-0.25, -0.2) is 4.39 Å². The molecule has 1 aromatic carbocycles. The van der Waals surface area contributed by atoms with Crippen LogP contribution in [-0.2, 0) is 0 Å². The zero-order valence-corrected chi connectivity index (χ0v) is 14.6. The summed E-state index contributed by atoms with van der Waals surface area (Å²) in [5.74, 6) is -0.186. The van der Waals surface area contributed by atoms with E-state index in [1.807, 2.05) is 6.07 Å². The standard InChI is InChI=1S/C17H26BrFN2/c1-3-10-21(12-15-6-4-5-9-20-15)13(2)16-8-7-14(19)11-17(16)18/h7-8,11,13,15,20H,3-6,9-10,12H2,1-2H3. The van der Waals surface area contributed by atoms with Crippen molar-refractivity contribution in [2.45, 2.75) is 51.6 Å². The first-order valence-corrected chi connectivity index (χ1v) is 8.83. The minimum Gasteiger partial charge on any atom is -0.313 e. The molecule has 0 amide bonds. The third kappa shape index (κ3) is 4.76.